The van der Waals surface area contributed by atoms with Crippen molar-refractivity contribution >= 4 is 5.91 Å². The van der Waals surface area contributed by atoms with Crippen LogP contribution < -0.4 is 0 Å². The first kappa shape index (κ1) is 15.9. The highest BCUT2D eigenvalue weighted by Crippen LogP contribution is 2.09. The predicted molar refractivity (Wildman–Crippen MR) is 89.6 cm³/mol. The molecule has 0 saturated carbocycles. The van der Waals surface area contributed by atoms with E-state index in [0.29, 0.717) is 6.54 Å². The van der Waals surface area contributed by atoms with Crippen LogP contribution in [0.25, 0.3) is 5.69 Å². The number of aliphatic hydroxyl groups excluding tert-OH is 1. The predicted octanol–water partition coefficient (Wildman–Crippen LogP) is 1.90. The Bertz CT molecular complexity index is 787. The number of hydrogen-bond donors (Lipinski definition) is 1. The highest BCUT2D eigenvalue weighted by Gasteiger charge is 2.20. The van der Waals surface area contributed by atoms with Crippen molar-refractivity contribution < 1.29 is 9.90 Å². The molecule has 0 aliphatic carbocycles. The van der Waals surface area contributed by atoms with E-state index in [0.717, 1.165) is 11.3 Å². The quantitative estimate of drug-likeness (QED) is 0.752. The lowest BCUT2D eigenvalue weighted by molar-refractivity contribution is 0.0695. The number of aliphatic hydroxyl groups is 1. The van der Waals surface area contributed by atoms with E-state index in [1.54, 1.807) is 9.58 Å². The van der Waals surface area contributed by atoms with Gasteiger partial charge >= 0.3 is 0 Å². The van der Waals surface area contributed by atoms with Crippen LogP contribution in [0.2, 0.25) is 0 Å². The Morgan fingerprint density at radius 2 is 1.71 bits per heavy atom. The van der Waals surface area contributed by atoms with Gasteiger partial charge in [-0.2, -0.15) is 0 Å². The van der Waals surface area contributed by atoms with Crippen molar-refractivity contribution in [3.05, 3.63) is 78.4 Å². The number of aromatic nitrogens is 3. The van der Waals surface area contributed by atoms with Crippen LogP contribution >= 0.6 is 0 Å². The number of carbonyl (C=O) groups is 1. The van der Waals surface area contributed by atoms with Crippen molar-refractivity contribution in [2.24, 2.45) is 0 Å². The molecule has 1 heterocycles. The van der Waals surface area contributed by atoms with Crippen LogP contribution in [-0.4, -0.2) is 43.8 Å². The zero-order valence-electron chi connectivity index (χ0n) is 13.1. The number of amides is 1. The van der Waals surface area contributed by atoms with Gasteiger partial charge in [-0.15, -0.1) is 5.10 Å². The summed E-state index contributed by atoms with van der Waals surface area (Å²) in [4.78, 5) is 18.3. The highest BCUT2D eigenvalue weighted by molar-refractivity contribution is 5.90. The van der Waals surface area contributed by atoms with Gasteiger partial charge in [-0.05, 0) is 17.7 Å². The first-order chi connectivity index (χ1) is 11.8. The minimum Gasteiger partial charge on any atom is -0.395 e. The number of benzene rings is 2. The summed E-state index contributed by atoms with van der Waals surface area (Å²) in [5, 5.41) is 13.5. The summed E-state index contributed by atoms with van der Waals surface area (Å²) in [5.41, 5.74) is 1.82. The van der Waals surface area contributed by atoms with E-state index in [9.17, 15) is 9.90 Å². The summed E-state index contributed by atoms with van der Waals surface area (Å²) in [7, 11) is 0. The van der Waals surface area contributed by atoms with Crippen LogP contribution in [0.5, 0.6) is 0 Å². The summed E-state index contributed by atoms with van der Waals surface area (Å²) in [6.45, 7) is 0.520. The van der Waals surface area contributed by atoms with Gasteiger partial charge in [0.2, 0.25) is 5.82 Å². The van der Waals surface area contributed by atoms with Crippen LogP contribution in [0.1, 0.15) is 16.2 Å². The molecule has 0 saturated heterocycles. The molecule has 0 atom stereocenters. The van der Waals surface area contributed by atoms with E-state index >= 15 is 0 Å². The SMILES string of the molecule is O=C(c1ncn(-c2ccccc2)n1)N(CCO)Cc1ccccc1. The second-order valence-corrected chi connectivity index (χ2v) is 5.28. The van der Waals surface area contributed by atoms with E-state index in [-0.39, 0.29) is 24.9 Å². The molecule has 1 amide bonds. The van der Waals surface area contributed by atoms with Gasteiger partial charge in [0.1, 0.15) is 6.33 Å². The molecule has 0 radical (unpaired) electrons. The highest BCUT2D eigenvalue weighted by atomic mass is 16.3. The maximum Gasteiger partial charge on any atom is 0.293 e. The Morgan fingerprint density at radius 3 is 2.38 bits per heavy atom. The van der Waals surface area contributed by atoms with Crippen LogP contribution in [0.4, 0.5) is 0 Å². The summed E-state index contributed by atoms with van der Waals surface area (Å²) in [6.07, 6.45) is 1.52. The van der Waals surface area contributed by atoms with Crippen molar-refractivity contribution in [1.29, 1.82) is 0 Å². The van der Waals surface area contributed by atoms with Crippen LogP contribution in [0.15, 0.2) is 67.0 Å². The fraction of sp³-hybridized carbons (Fsp3) is 0.167. The Hall–Kier alpha value is -2.99. The van der Waals surface area contributed by atoms with Crippen molar-refractivity contribution in [1.82, 2.24) is 19.7 Å². The van der Waals surface area contributed by atoms with Gasteiger partial charge in [0, 0.05) is 13.1 Å². The molecule has 6 heteroatoms. The lowest BCUT2D eigenvalue weighted by Gasteiger charge is -2.20. The molecular weight excluding hydrogens is 304 g/mol. The Labute approximate surface area is 140 Å². The zero-order chi connectivity index (χ0) is 16.8. The molecule has 0 unspecified atom stereocenters. The van der Waals surface area contributed by atoms with Crippen molar-refractivity contribution in [2.45, 2.75) is 6.54 Å². The summed E-state index contributed by atoms with van der Waals surface area (Å²) < 4.78 is 1.56. The van der Waals surface area contributed by atoms with Gasteiger partial charge in [0.05, 0.1) is 12.3 Å². The van der Waals surface area contributed by atoms with Gasteiger partial charge in [-0.25, -0.2) is 9.67 Å². The van der Waals surface area contributed by atoms with Gasteiger partial charge in [0.15, 0.2) is 0 Å². The zero-order valence-corrected chi connectivity index (χ0v) is 13.1. The maximum atomic E-state index is 12.7. The molecule has 24 heavy (non-hydrogen) atoms. The average Bonchev–Trinajstić information content (AvgIpc) is 3.12. The Morgan fingerprint density at radius 1 is 1.04 bits per heavy atom. The van der Waals surface area contributed by atoms with E-state index in [1.165, 1.54) is 6.33 Å². The molecule has 0 spiro atoms. The fourth-order valence-corrected chi connectivity index (χ4v) is 2.38. The third-order valence-corrected chi connectivity index (χ3v) is 3.58. The molecular formula is C18H18N4O2. The Balaban J connectivity index is 1.79. The lowest BCUT2D eigenvalue weighted by atomic mass is 10.2. The standard InChI is InChI=1S/C18H18N4O2/c23-12-11-21(13-15-7-3-1-4-8-15)18(24)17-19-14-22(20-17)16-9-5-2-6-10-16/h1-10,14,23H,11-13H2. The molecule has 2 aromatic carbocycles. The van der Waals surface area contributed by atoms with Gasteiger partial charge in [-0.3, -0.25) is 4.79 Å². The number of rotatable bonds is 6. The van der Waals surface area contributed by atoms with Crippen LogP contribution in [0, 0.1) is 0 Å². The lowest BCUT2D eigenvalue weighted by Crippen LogP contribution is -2.33. The first-order valence-electron chi connectivity index (χ1n) is 7.69. The minimum absolute atomic E-state index is 0.113. The molecule has 122 valence electrons. The fourth-order valence-electron chi connectivity index (χ4n) is 2.38. The first-order valence-corrected chi connectivity index (χ1v) is 7.69. The molecule has 1 aromatic heterocycles. The number of hydrogen-bond acceptors (Lipinski definition) is 4. The number of carbonyl (C=O) groups excluding carboxylic acids is 1. The second-order valence-electron chi connectivity index (χ2n) is 5.28. The molecule has 3 aromatic rings. The second kappa shape index (κ2) is 7.52. The average molecular weight is 322 g/mol. The summed E-state index contributed by atoms with van der Waals surface area (Å²) >= 11 is 0. The molecule has 0 fully saturated rings. The maximum absolute atomic E-state index is 12.7. The van der Waals surface area contributed by atoms with Gasteiger partial charge in [-0.1, -0.05) is 48.5 Å². The number of nitrogens with zero attached hydrogens (tertiary/aromatic N) is 4. The molecule has 1 N–H and O–H groups in total. The van der Waals surface area contributed by atoms with E-state index in [1.807, 2.05) is 60.7 Å². The minimum atomic E-state index is -0.303. The van der Waals surface area contributed by atoms with Gasteiger partial charge < -0.3 is 10.0 Å². The molecule has 0 bridgehead atoms. The molecule has 6 nitrogen and oxygen atoms in total. The summed E-state index contributed by atoms with van der Waals surface area (Å²) in [5.74, 6) is -0.189. The van der Waals surface area contributed by atoms with Crippen LogP contribution in [0.3, 0.4) is 0 Å². The third-order valence-electron chi connectivity index (χ3n) is 3.58. The third kappa shape index (κ3) is 3.67. The smallest absolute Gasteiger partial charge is 0.293 e. The van der Waals surface area contributed by atoms with Crippen molar-refractivity contribution in [3.8, 4) is 5.69 Å². The Kier molecular flexibility index (Phi) is 4.98. The van der Waals surface area contributed by atoms with Gasteiger partial charge in [0.25, 0.3) is 5.91 Å². The van der Waals surface area contributed by atoms with Crippen molar-refractivity contribution in [2.75, 3.05) is 13.2 Å². The summed E-state index contributed by atoms with van der Waals surface area (Å²) in [6, 6.07) is 19.1. The molecule has 0 aliphatic heterocycles. The van der Waals surface area contributed by atoms with E-state index < -0.39 is 0 Å². The normalized spacial score (nSPS) is 10.5. The van der Waals surface area contributed by atoms with Crippen LogP contribution in [-0.2, 0) is 6.54 Å². The van der Waals surface area contributed by atoms with E-state index in [4.69, 9.17) is 0 Å². The van der Waals surface area contributed by atoms with E-state index in [2.05, 4.69) is 10.1 Å². The number of para-hydroxylation sites is 1. The molecule has 0 aliphatic rings. The van der Waals surface area contributed by atoms with Crippen molar-refractivity contribution in [3.63, 3.8) is 0 Å². The monoisotopic (exact) mass is 322 g/mol. The molecule has 3 rings (SSSR count). The topological polar surface area (TPSA) is 71.2 Å². The largest absolute Gasteiger partial charge is 0.395 e.